The molecule has 0 aliphatic rings. The van der Waals surface area contributed by atoms with E-state index in [2.05, 4.69) is 34.4 Å². The summed E-state index contributed by atoms with van der Waals surface area (Å²) in [5.41, 5.74) is 1.70. The van der Waals surface area contributed by atoms with Gasteiger partial charge in [-0.15, -0.1) is 0 Å². The first-order chi connectivity index (χ1) is 9.92. The van der Waals surface area contributed by atoms with E-state index in [1.165, 1.54) is 0 Å². The van der Waals surface area contributed by atoms with Crippen LogP contribution in [0.1, 0.15) is 31.2 Å². The van der Waals surface area contributed by atoms with E-state index in [0.29, 0.717) is 10.0 Å². The number of benzene rings is 1. The molecule has 6 heteroatoms. The Morgan fingerprint density at radius 2 is 1.76 bits per heavy atom. The van der Waals surface area contributed by atoms with Crippen LogP contribution in [-0.4, -0.2) is 17.0 Å². The second kappa shape index (κ2) is 6.50. The number of nitrogens with zero attached hydrogens (tertiary/aromatic N) is 2. The van der Waals surface area contributed by atoms with Crippen LogP contribution in [0.3, 0.4) is 0 Å². The number of rotatable bonds is 4. The first-order valence-electron chi connectivity index (χ1n) is 6.70. The fourth-order valence-corrected chi connectivity index (χ4v) is 2.33. The van der Waals surface area contributed by atoms with Gasteiger partial charge in [0.05, 0.1) is 10.7 Å². The van der Waals surface area contributed by atoms with Crippen molar-refractivity contribution >= 4 is 40.5 Å². The van der Waals surface area contributed by atoms with Crippen molar-refractivity contribution in [3.05, 3.63) is 39.6 Å². The van der Waals surface area contributed by atoms with Crippen molar-refractivity contribution in [3.63, 3.8) is 0 Å². The van der Waals surface area contributed by atoms with Gasteiger partial charge in [-0.3, -0.25) is 0 Å². The molecule has 0 saturated carbocycles. The largest absolute Gasteiger partial charge is 0.373 e. The van der Waals surface area contributed by atoms with Crippen LogP contribution in [0.4, 0.5) is 17.3 Å². The van der Waals surface area contributed by atoms with Crippen molar-refractivity contribution in [2.45, 2.75) is 26.7 Å². The van der Waals surface area contributed by atoms with Crippen LogP contribution in [0.2, 0.25) is 10.0 Å². The van der Waals surface area contributed by atoms with E-state index in [-0.39, 0.29) is 5.92 Å². The minimum Gasteiger partial charge on any atom is -0.373 e. The van der Waals surface area contributed by atoms with E-state index in [1.54, 1.807) is 12.1 Å². The van der Waals surface area contributed by atoms with Crippen LogP contribution in [0.15, 0.2) is 18.2 Å². The van der Waals surface area contributed by atoms with Gasteiger partial charge < -0.3 is 10.6 Å². The highest BCUT2D eigenvalue weighted by atomic mass is 35.5. The number of hydrogen-bond acceptors (Lipinski definition) is 4. The predicted molar refractivity (Wildman–Crippen MR) is 90.1 cm³/mol. The zero-order chi connectivity index (χ0) is 15.6. The minimum absolute atomic E-state index is 0.235. The molecule has 2 aromatic rings. The van der Waals surface area contributed by atoms with E-state index in [0.717, 1.165) is 28.7 Å². The summed E-state index contributed by atoms with van der Waals surface area (Å²) in [6.07, 6.45) is 0. The Hall–Kier alpha value is -1.52. The van der Waals surface area contributed by atoms with Crippen molar-refractivity contribution < 1.29 is 0 Å². The summed E-state index contributed by atoms with van der Waals surface area (Å²) in [6.45, 7) is 6.08. The molecular formula is C15H18Cl2N4. The lowest BCUT2D eigenvalue weighted by Crippen LogP contribution is -2.08. The molecule has 2 rings (SSSR count). The standard InChI is InChI=1S/C15H18Cl2N4/c1-8(2)13-20-14(18-4)9(3)15(21-13)19-12-6-5-10(16)7-11(12)17/h5-8H,1-4H3,(H2,18,19,20,21). The summed E-state index contributed by atoms with van der Waals surface area (Å²) < 4.78 is 0. The monoisotopic (exact) mass is 324 g/mol. The molecule has 0 spiro atoms. The average Bonchev–Trinajstić information content (AvgIpc) is 2.43. The highest BCUT2D eigenvalue weighted by Crippen LogP contribution is 2.30. The smallest absolute Gasteiger partial charge is 0.139 e. The fraction of sp³-hybridized carbons (Fsp3) is 0.333. The first-order valence-corrected chi connectivity index (χ1v) is 7.46. The molecule has 0 bridgehead atoms. The Morgan fingerprint density at radius 3 is 2.33 bits per heavy atom. The summed E-state index contributed by atoms with van der Waals surface area (Å²) in [4.78, 5) is 9.10. The van der Waals surface area contributed by atoms with E-state index < -0.39 is 0 Å². The number of hydrogen-bond donors (Lipinski definition) is 2. The molecule has 21 heavy (non-hydrogen) atoms. The Balaban J connectivity index is 2.45. The second-order valence-corrected chi connectivity index (χ2v) is 5.90. The lowest BCUT2D eigenvalue weighted by Gasteiger charge is -2.16. The van der Waals surface area contributed by atoms with Crippen molar-refractivity contribution in [2.24, 2.45) is 0 Å². The van der Waals surface area contributed by atoms with Gasteiger partial charge in [-0.25, -0.2) is 9.97 Å². The molecule has 1 aromatic carbocycles. The van der Waals surface area contributed by atoms with Gasteiger partial charge in [0.1, 0.15) is 17.5 Å². The van der Waals surface area contributed by atoms with Crippen molar-refractivity contribution in [2.75, 3.05) is 17.7 Å². The van der Waals surface area contributed by atoms with Gasteiger partial charge in [0.15, 0.2) is 0 Å². The van der Waals surface area contributed by atoms with Gasteiger partial charge in [-0.2, -0.15) is 0 Å². The maximum atomic E-state index is 6.20. The molecule has 0 unspecified atom stereocenters. The predicted octanol–water partition coefficient (Wildman–Crippen LogP) is 5.00. The molecule has 0 saturated heterocycles. The lowest BCUT2D eigenvalue weighted by atomic mass is 10.2. The topological polar surface area (TPSA) is 49.8 Å². The molecule has 0 aliphatic carbocycles. The van der Waals surface area contributed by atoms with Crippen LogP contribution in [0.5, 0.6) is 0 Å². The summed E-state index contributed by atoms with van der Waals surface area (Å²) >= 11 is 12.1. The normalized spacial score (nSPS) is 10.8. The molecule has 112 valence electrons. The van der Waals surface area contributed by atoms with Crippen LogP contribution < -0.4 is 10.6 Å². The number of anilines is 3. The highest BCUT2D eigenvalue weighted by molar-refractivity contribution is 6.36. The Bertz CT molecular complexity index is 656. The first kappa shape index (κ1) is 15.9. The SMILES string of the molecule is CNc1nc(C(C)C)nc(Nc2ccc(Cl)cc2Cl)c1C. The number of halogens is 2. The van der Waals surface area contributed by atoms with Crippen LogP contribution in [0.25, 0.3) is 0 Å². The summed E-state index contributed by atoms with van der Waals surface area (Å²) in [7, 11) is 1.85. The summed E-state index contributed by atoms with van der Waals surface area (Å²) in [6, 6.07) is 5.32. The van der Waals surface area contributed by atoms with Crippen LogP contribution in [0, 0.1) is 6.92 Å². The Labute approximate surface area is 134 Å². The van der Waals surface area contributed by atoms with E-state index in [1.807, 2.05) is 20.0 Å². The van der Waals surface area contributed by atoms with Crippen LogP contribution in [-0.2, 0) is 0 Å². The molecule has 1 aromatic heterocycles. The second-order valence-electron chi connectivity index (χ2n) is 5.06. The van der Waals surface area contributed by atoms with E-state index in [9.17, 15) is 0 Å². The molecule has 0 radical (unpaired) electrons. The van der Waals surface area contributed by atoms with E-state index >= 15 is 0 Å². The third-order valence-electron chi connectivity index (χ3n) is 3.10. The lowest BCUT2D eigenvalue weighted by molar-refractivity contribution is 0.775. The quantitative estimate of drug-likeness (QED) is 0.830. The molecular weight excluding hydrogens is 307 g/mol. The number of aromatic nitrogens is 2. The fourth-order valence-electron chi connectivity index (χ4n) is 1.88. The van der Waals surface area contributed by atoms with Crippen molar-refractivity contribution in [3.8, 4) is 0 Å². The summed E-state index contributed by atoms with van der Waals surface area (Å²) in [5.74, 6) is 2.56. The molecule has 1 heterocycles. The van der Waals surface area contributed by atoms with E-state index in [4.69, 9.17) is 23.2 Å². The molecule has 0 aliphatic heterocycles. The van der Waals surface area contributed by atoms with Crippen molar-refractivity contribution in [1.82, 2.24) is 9.97 Å². The zero-order valence-corrected chi connectivity index (χ0v) is 14.0. The van der Waals surface area contributed by atoms with Gasteiger partial charge in [-0.1, -0.05) is 37.0 Å². The third kappa shape index (κ3) is 3.57. The zero-order valence-electron chi connectivity index (χ0n) is 12.5. The maximum Gasteiger partial charge on any atom is 0.139 e. The molecule has 4 nitrogen and oxygen atoms in total. The molecule has 2 N–H and O–H groups in total. The minimum atomic E-state index is 0.235. The molecule has 0 atom stereocenters. The van der Waals surface area contributed by atoms with Gasteiger partial charge in [-0.05, 0) is 25.1 Å². The third-order valence-corrected chi connectivity index (χ3v) is 3.65. The number of nitrogens with one attached hydrogen (secondary N) is 2. The van der Waals surface area contributed by atoms with Gasteiger partial charge in [0.2, 0.25) is 0 Å². The van der Waals surface area contributed by atoms with Crippen LogP contribution >= 0.6 is 23.2 Å². The Kier molecular flexibility index (Phi) is 4.91. The maximum absolute atomic E-state index is 6.20. The van der Waals surface area contributed by atoms with Crippen molar-refractivity contribution in [1.29, 1.82) is 0 Å². The highest BCUT2D eigenvalue weighted by Gasteiger charge is 2.13. The molecule has 0 amide bonds. The summed E-state index contributed by atoms with van der Waals surface area (Å²) in [5, 5.41) is 7.51. The average molecular weight is 325 g/mol. The molecule has 0 fully saturated rings. The van der Waals surface area contributed by atoms with Gasteiger partial charge >= 0.3 is 0 Å². The van der Waals surface area contributed by atoms with Gasteiger partial charge in [0.25, 0.3) is 0 Å². The Morgan fingerprint density at radius 1 is 1.10 bits per heavy atom. The van der Waals surface area contributed by atoms with Gasteiger partial charge in [0, 0.05) is 23.6 Å².